The second-order valence-corrected chi connectivity index (χ2v) is 11.9. The zero-order valence-electron chi connectivity index (χ0n) is 21.5. The molecule has 0 saturated carbocycles. The van der Waals surface area contributed by atoms with E-state index in [1.54, 1.807) is 30.3 Å². The van der Waals surface area contributed by atoms with Crippen molar-refractivity contribution < 1.29 is 31.0 Å². The number of hydrogen-bond acceptors (Lipinski definition) is 12. The third-order valence-corrected chi connectivity index (χ3v) is 8.03. The number of pyridine rings is 3. The van der Waals surface area contributed by atoms with E-state index in [0.29, 0.717) is 33.2 Å². The highest BCUT2D eigenvalue weighted by atomic mass is 32.2. The molecular formula is C27H17N7O7S2. The van der Waals surface area contributed by atoms with Gasteiger partial charge in [-0.05, 0) is 66.7 Å². The van der Waals surface area contributed by atoms with Gasteiger partial charge in [0.15, 0.2) is 5.75 Å². The maximum Gasteiger partial charge on any atom is 0.295 e. The zero-order valence-corrected chi connectivity index (χ0v) is 23.1. The summed E-state index contributed by atoms with van der Waals surface area (Å²) in [5.41, 5.74) is 1.51. The molecule has 3 aromatic heterocycles. The van der Waals surface area contributed by atoms with Crippen molar-refractivity contribution in [2.24, 2.45) is 20.5 Å². The first-order chi connectivity index (χ1) is 20.5. The maximum atomic E-state index is 12.0. The number of phenols is 1. The van der Waals surface area contributed by atoms with Crippen molar-refractivity contribution in [2.75, 3.05) is 0 Å². The SMILES string of the molecule is O=S(=O)(O)c1ccc2ncc(N=Nc3ccc(N=Nc4cc(S(=O)(=O)O)c5cccnc5c4O)c4ncccc34)cc2c1. The number of nitrogens with zero attached hydrogens (tertiary/aromatic N) is 7. The predicted octanol–water partition coefficient (Wildman–Crippen LogP) is 6.36. The molecule has 0 bridgehead atoms. The fourth-order valence-corrected chi connectivity index (χ4v) is 5.54. The van der Waals surface area contributed by atoms with Crippen LogP contribution in [0.3, 0.4) is 0 Å². The number of azo groups is 2. The minimum absolute atomic E-state index is 0.0174. The number of fused-ring (bicyclic) bond motifs is 3. The van der Waals surface area contributed by atoms with Gasteiger partial charge in [-0.25, -0.2) is 0 Å². The van der Waals surface area contributed by atoms with Crippen molar-refractivity contribution in [3.05, 3.63) is 85.3 Å². The number of aromatic hydroxyl groups is 1. The summed E-state index contributed by atoms with van der Waals surface area (Å²) in [5.74, 6) is -0.429. The van der Waals surface area contributed by atoms with Crippen LogP contribution in [0.2, 0.25) is 0 Å². The van der Waals surface area contributed by atoms with E-state index < -0.39 is 30.9 Å². The lowest BCUT2D eigenvalue weighted by Crippen LogP contribution is -1.99. The van der Waals surface area contributed by atoms with Crippen LogP contribution in [0.4, 0.5) is 22.7 Å². The van der Waals surface area contributed by atoms with Crippen molar-refractivity contribution in [1.29, 1.82) is 0 Å². The molecule has 6 rings (SSSR count). The minimum Gasteiger partial charge on any atom is -0.504 e. The van der Waals surface area contributed by atoms with Crippen LogP contribution in [-0.4, -0.2) is 46.0 Å². The van der Waals surface area contributed by atoms with Gasteiger partial charge in [-0.2, -0.15) is 16.8 Å². The number of hydrogen-bond donors (Lipinski definition) is 3. The molecule has 3 aromatic carbocycles. The maximum absolute atomic E-state index is 12.0. The molecule has 0 saturated heterocycles. The fraction of sp³-hybridized carbons (Fsp3) is 0. The minimum atomic E-state index is -4.67. The summed E-state index contributed by atoms with van der Waals surface area (Å²) in [6.07, 6.45) is 4.33. The topological polar surface area (TPSA) is 217 Å². The van der Waals surface area contributed by atoms with Crippen LogP contribution in [0.5, 0.6) is 5.75 Å². The van der Waals surface area contributed by atoms with Crippen molar-refractivity contribution in [3.8, 4) is 5.75 Å². The van der Waals surface area contributed by atoms with Crippen LogP contribution in [0.25, 0.3) is 32.7 Å². The van der Waals surface area contributed by atoms with E-state index in [1.165, 1.54) is 48.9 Å². The molecule has 43 heavy (non-hydrogen) atoms. The molecule has 214 valence electrons. The van der Waals surface area contributed by atoms with Crippen molar-refractivity contribution in [2.45, 2.75) is 9.79 Å². The summed E-state index contributed by atoms with van der Waals surface area (Å²) in [7, 11) is -9.07. The van der Waals surface area contributed by atoms with Gasteiger partial charge in [0.05, 0.1) is 27.8 Å². The average molecular weight is 616 g/mol. The highest BCUT2D eigenvalue weighted by Crippen LogP contribution is 2.40. The third kappa shape index (κ3) is 5.50. The summed E-state index contributed by atoms with van der Waals surface area (Å²) in [4.78, 5) is 11.8. The quantitative estimate of drug-likeness (QED) is 0.139. The third-order valence-electron chi connectivity index (χ3n) is 6.29. The Morgan fingerprint density at radius 2 is 1.30 bits per heavy atom. The number of benzene rings is 3. The van der Waals surface area contributed by atoms with Gasteiger partial charge in [-0.15, -0.1) is 20.5 Å². The molecule has 0 radical (unpaired) electrons. The molecule has 0 aliphatic rings. The molecule has 0 unspecified atom stereocenters. The second kappa shape index (κ2) is 10.5. The lowest BCUT2D eigenvalue weighted by molar-refractivity contribution is 0.478. The van der Waals surface area contributed by atoms with Crippen molar-refractivity contribution in [1.82, 2.24) is 15.0 Å². The fourth-order valence-electron chi connectivity index (χ4n) is 4.32. The second-order valence-electron chi connectivity index (χ2n) is 9.04. The molecular weight excluding hydrogens is 598 g/mol. The molecule has 0 aliphatic heterocycles. The number of rotatable bonds is 6. The number of aromatic nitrogens is 3. The Balaban J connectivity index is 1.38. The Hall–Kier alpha value is -5.29. The smallest absolute Gasteiger partial charge is 0.295 e. The Bertz CT molecular complexity index is 2380. The van der Waals surface area contributed by atoms with Gasteiger partial charge in [0.1, 0.15) is 27.5 Å². The Kier molecular flexibility index (Phi) is 6.82. The summed E-state index contributed by atoms with van der Waals surface area (Å²) >= 11 is 0. The molecule has 16 heteroatoms. The van der Waals surface area contributed by atoms with Crippen LogP contribution >= 0.6 is 0 Å². The zero-order chi connectivity index (χ0) is 30.4. The van der Waals surface area contributed by atoms with E-state index in [4.69, 9.17) is 0 Å². The lowest BCUT2D eigenvalue weighted by atomic mass is 10.1. The lowest BCUT2D eigenvalue weighted by Gasteiger charge is -2.08. The van der Waals surface area contributed by atoms with E-state index in [-0.39, 0.29) is 27.2 Å². The molecule has 3 N–H and O–H groups in total. The largest absolute Gasteiger partial charge is 0.504 e. The Labute approximate surface area is 242 Å². The van der Waals surface area contributed by atoms with Crippen LogP contribution in [-0.2, 0) is 20.2 Å². The molecule has 0 fully saturated rings. The summed E-state index contributed by atoms with van der Waals surface area (Å²) in [6, 6.07) is 15.9. The first-order valence-corrected chi connectivity index (χ1v) is 15.0. The molecule has 0 aliphatic carbocycles. The first kappa shape index (κ1) is 27.9. The summed E-state index contributed by atoms with van der Waals surface area (Å²) in [6.45, 7) is 0. The van der Waals surface area contributed by atoms with E-state index in [9.17, 15) is 31.0 Å². The van der Waals surface area contributed by atoms with Crippen molar-refractivity contribution in [3.63, 3.8) is 0 Å². The average Bonchev–Trinajstić information content (AvgIpc) is 2.98. The molecule has 0 atom stereocenters. The normalized spacial score (nSPS) is 12.7. The molecule has 0 amide bonds. The number of phenolic OH excluding ortho intramolecular Hbond substituents is 1. The Morgan fingerprint density at radius 1 is 0.628 bits per heavy atom. The van der Waals surface area contributed by atoms with Gasteiger partial charge < -0.3 is 5.11 Å². The summed E-state index contributed by atoms with van der Waals surface area (Å²) in [5, 5.41) is 28.4. The van der Waals surface area contributed by atoms with E-state index in [2.05, 4.69) is 35.4 Å². The monoisotopic (exact) mass is 615 g/mol. The molecule has 0 spiro atoms. The van der Waals surface area contributed by atoms with Crippen LogP contribution in [0, 0.1) is 0 Å². The standard InChI is InChI=1S/C27H17N7O7S2/c35-27-23(13-24(43(39,40)41)19-4-2-10-29-26(19)27)34-33-22-8-7-21(18-3-1-9-28-25(18)22)32-31-16-11-15-12-17(42(36,37)38)5-6-20(15)30-14-16/h1-14,35H,(H,36,37,38)(H,39,40,41). The Morgan fingerprint density at radius 3 is 2.05 bits per heavy atom. The molecule has 14 nitrogen and oxygen atoms in total. The first-order valence-electron chi connectivity index (χ1n) is 12.2. The summed E-state index contributed by atoms with van der Waals surface area (Å²) < 4.78 is 66.0. The van der Waals surface area contributed by atoms with Gasteiger partial charge >= 0.3 is 0 Å². The molecule has 3 heterocycles. The van der Waals surface area contributed by atoms with Gasteiger partial charge in [0, 0.05) is 28.6 Å². The highest BCUT2D eigenvalue weighted by Gasteiger charge is 2.20. The van der Waals surface area contributed by atoms with Crippen LogP contribution in [0.15, 0.2) is 116 Å². The van der Waals surface area contributed by atoms with Crippen LogP contribution in [0.1, 0.15) is 0 Å². The van der Waals surface area contributed by atoms with Gasteiger partial charge in [0.2, 0.25) is 0 Å². The van der Waals surface area contributed by atoms with Crippen LogP contribution < -0.4 is 0 Å². The van der Waals surface area contributed by atoms with Gasteiger partial charge in [-0.3, -0.25) is 24.1 Å². The molecule has 6 aromatic rings. The highest BCUT2D eigenvalue weighted by molar-refractivity contribution is 7.86. The van der Waals surface area contributed by atoms with Gasteiger partial charge in [-0.1, -0.05) is 0 Å². The van der Waals surface area contributed by atoms with Gasteiger partial charge in [0.25, 0.3) is 20.2 Å². The van der Waals surface area contributed by atoms with E-state index in [0.717, 1.165) is 6.07 Å². The van der Waals surface area contributed by atoms with Crippen molar-refractivity contribution >= 4 is 75.7 Å². The van der Waals surface area contributed by atoms with E-state index in [1.807, 2.05) is 0 Å². The van der Waals surface area contributed by atoms with E-state index >= 15 is 0 Å². The predicted molar refractivity (Wildman–Crippen MR) is 155 cm³/mol.